The molecule has 1 unspecified atom stereocenters. The fourth-order valence-electron chi connectivity index (χ4n) is 3.16. The van der Waals surface area contributed by atoms with Gasteiger partial charge in [0.15, 0.2) is 0 Å². The van der Waals surface area contributed by atoms with Gasteiger partial charge in [0.1, 0.15) is 6.04 Å². The monoisotopic (exact) mass is 462 g/mol. The van der Waals surface area contributed by atoms with Crippen LogP contribution >= 0.6 is 0 Å². The average Bonchev–Trinajstić information content (AvgIpc) is 2.81. The van der Waals surface area contributed by atoms with Gasteiger partial charge >= 0.3 is 0 Å². The third kappa shape index (κ3) is 9.12. The van der Waals surface area contributed by atoms with E-state index in [9.17, 15) is 19.2 Å². The van der Waals surface area contributed by atoms with E-state index >= 15 is 0 Å². The number of fused-ring (bicyclic) bond motifs is 1. The van der Waals surface area contributed by atoms with Crippen molar-refractivity contribution < 1.29 is 19.2 Å². The second kappa shape index (κ2) is 13.4. The lowest BCUT2D eigenvalue weighted by atomic mass is 10.0. The van der Waals surface area contributed by atoms with Crippen molar-refractivity contribution >= 4 is 34.4 Å². The quantitative estimate of drug-likeness (QED) is 0.407. The molecule has 0 heterocycles. The van der Waals surface area contributed by atoms with Crippen LogP contribution in [-0.2, 0) is 32.1 Å². The summed E-state index contributed by atoms with van der Waals surface area (Å²) in [6.45, 7) is 3.11. The zero-order valence-corrected chi connectivity index (χ0v) is 19.3. The second-order valence-corrected chi connectivity index (χ2v) is 7.70. The van der Waals surface area contributed by atoms with Crippen LogP contribution in [0, 0.1) is 0 Å². The van der Waals surface area contributed by atoms with Crippen LogP contribution < -0.4 is 21.7 Å². The molecule has 3 rings (SSSR count). The predicted molar refractivity (Wildman–Crippen MR) is 131 cm³/mol. The van der Waals surface area contributed by atoms with E-state index in [1.165, 1.54) is 6.92 Å². The lowest BCUT2D eigenvalue weighted by Gasteiger charge is -2.15. The van der Waals surface area contributed by atoms with Crippen LogP contribution in [0.15, 0.2) is 72.8 Å². The van der Waals surface area contributed by atoms with Crippen molar-refractivity contribution in [1.82, 2.24) is 16.0 Å². The third-order valence-electron chi connectivity index (χ3n) is 4.76. The lowest BCUT2D eigenvalue weighted by molar-refractivity contribution is -0.129. The standard InChI is InChI=1S/C24H25N3O3.C2H5NO/c1-17(27-23(29)16-25-22(28)14-18-8-3-2-4-9-18)24(30)26-15-20-12-7-11-19-10-5-6-13-21(19)20;1-2(3)4/h2-13,17H,14-16H2,1H3,(H,25,28)(H,26,30)(H,27,29);1H3,(H2,3,4). The van der Waals surface area contributed by atoms with Crippen molar-refractivity contribution in [1.29, 1.82) is 0 Å². The first-order valence-electron chi connectivity index (χ1n) is 10.9. The number of amides is 4. The molecule has 34 heavy (non-hydrogen) atoms. The second-order valence-electron chi connectivity index (χ2n) is 7.70. The van der Waals surface area contributed by atoms with E-state index in [4.69, 9.17) is 0 Å². The maximum atomic E-state index is 12.4. The molecule has 0 spiro atoms. The molecule has 0 bridgehead atoms. The van der Waals surface area contributed by atoms with E-state index in [0.717, 1.165) is 21.9 Å². The Bertz CT molecular complexity index is 1120. The number of rotatable bonds is 8. The van der Waals surface area contributed by atoms with Crippen LogP contribution in [0.1, 0.15) is 25.0 Å². The minimum Gasteiger partial charge on any atom is -0.370 e. The smallest absolute Gasteiger partial charge is 0.242 e. The summed E-state index contributed by atoms with van der Waals surface area (Å²) in [5.41, 5.74) is 6.35. The molecule has 0 aliphatic rings. The number of hydrogen-bond donors (Lipinski definition) is 4. The van der Waals surface area contributed by atoms with Gasteiger partial charge in [-0.15, -0.1) is 0 Å². The van der Waals surface area contributed by atoms with Gasteiger partial charge in [-0.3, -0.25) is 19.2 Å². The van der Waals surface area contributed by atoms with Crippen molar-refractivity contribution in [2.24, 2.45) is 5.73 Å². The summed E-state index contributed by atoms with van der Waals surface area (Å²) in [7, 11) is 0. The van der Waals surface area contributed by atoms with Crippen molar-refractivity contribution in [3.05, 3.63) is 83.9 Å². The Balaban J connectivity index is 0.000000945. The summed E-state index contributed by atoms with van der Waals surface area (Å²) in [5, 5.41) is 10.2. The van der Waals surface area contributed by atoms with Gasteiger partial charge in [0.2, 0.25) is 23.6 Å². The molecule has 0 fully saturated rings. The minimum absolute atomic E-state index is 0.174. The Morgan fingerprint density at radius 2 is 1.44 bits per heavy atom. The highest BCUT2D eigenvalue weighted by Gasteiger charge is 2.16. The molecule has 8 heteroatoms. The van der Waals surface area contributed by atoms with Gasteiger partial charge in [-0.1, -0.05) is 72.8 Å². The van der Waals surface area contributed by atoms with Crippen molar-refractivity contribution in [2.45, 2.75) is 32.9 Å². The van der Waals surface area contributed by atoms with Crippen molar-refractivity contribution in [3.63, 3.8) is 0 Å². The summed E-state index contributed by atoms with van der Waals surface area (Å²) in [5.74, 6) is -1.28. The zero-order valence-electron chi connectivity index (χ0n) is 19.3. The Labute approximate surface area is 198 Å². The molecule has 0 radical (unpaired) electrons. The van der Waals surface area contributed by atoms with E-state index in [-0.39, 0.29) is 30.7 Å². The number of primary amides is 1. The maximum Gasteiger partial charge on any atom is 0.242 e. The molecular formula is C26H30N4O4. The van der Waals surface area contributed by atoms with E-state index in [0.29, 0.717) is 6.54 Å². The number of nitrogens with one attached hydrogen (secondary N) is 3. The average molecular weight is 463 g/mol. The zero-order chi connectivity index (χ0) is 24.9. The Morgan fingerprint density at radius 1 is 0.824 bits per heavy atom. The highest BCUT2D eigenvalue weighted by atomic mass is 16.2. The first-order valence-corrected chi connectivity index (χ1v) is 10.9. The highest BCUT2D eigenvalue weighted by molar-refractivity contribution is 5.91. The maximum absolute atomic E-state index is 12.4. The Kier molecular flexibility index (Phi) is 10.2. The molecular weight excluding hydrogens is 432 g/mol. The highest BCUT2D eigenvalue weighted by Crippen LogP contribution is 2.18. The first-order chi connectivity index (χ1) is 16.3. The van der Waals surface area contributed by atoms with E-state index in [2.05, 4.69) is 21.7 Å². The molecule has 0 aromatic heterocycles. The Hall–Kier alpha value is -4.20. The molecule has 0 saturated heterocycles. The Morgan fingerprint density at radius 3 is 2.15 bits per heavy atom. The molecule has 178 valence electrons. The molecule has 5 N–H and O–H groups in total. The first kappa shape index (κ1) is 26.1. The summed E-state index contributed by atoms with van der Waals surface area (Å²) in [4.78, 5) is 45.6. The van der Waals surface area contributed by atoms with Gasteiger partial charge in [0.05, 0.1) is 13.0 Å². The number of carbonyl (C=O) groups is 4. The van der Waals surface area contributed by atoms with Gasteiger partial charge in [0, 0.05) is 13.5 Å². The molecule has 0 saturated carbocycles. The normalized spacial score (nSPS) is 10.9. The van der Waals surface area contributed by atoms with E-state index in [1.54, 1.807) is 6.92 Å². The van der Waals surface area contributed by atoms with Crippen LogP contribution in [-0.4, -0.2) is 36.2 Å². The van der Waals surface area contributed by atoms with Gasteiger partial charge in [-0.25, -0.2) is 0 Å². The fraction of sp³-hybridized carbons (Fsp3) is 0.231. The SMILES string of the molecule is CC(N)=O.CC(NC(=O)CNC(=O)Cc1ccccc1)C(=O)NCc1cccc2ccccc12. The van der Waals surface area contributed by atoms with Gasteiger partial charge in [0.25, 0.3) is 0 Å². The molecule has 0 aliphatic carbocycles. The minimum atomic E-state index is -0.710. The van der Waals surface area contributed by atoms with Crippen LogP contribution in [0.4, 0.5) is 0 Å². The van der Waals surface area contributed by atoms with Crippen LogP contribution in [0.5, 0.6) is 0 Å². The molecule has 3 aromatic rings. The fourth-order valence-corrected chi connectivity index (χ4v) is 3.16. The van der Waals surface area contributed by atoms with E-state index < -0.39 is 11.9 Å². The lowest BCUT2D eigenvalue weighted by Crippen LogP contribution is -2.47. The number of nitrogens with two attached hydrogens (primary N) is 1. The molecule has 3 aromatic carbocycles. The topological polar surface area (TPSA) is 130 Å². The third-order valence-corrected chi connectivity index (χ3v) is 4.76. The van der Waals surface area contributed by atoms with E-state index in [1.807, 2.05) is 72.8 Å². The molecule has 1 atom stereocenters. The van der Waals surface area contributed by atoms with Crippen molar-refractivity contribution in [2.75, 3.05) is 6.54 Å². The van der Waals surface area contributed by atoms with Crippen LogP contribution in [0.25, 0.3) is 10.8 Å². The summed E-state index contributed by atoms with van der Waals surface area (Å²) in [6.07, 6.45) is 0.204. The molecule has 4 amide bonds. The number of benzene rings is 3. The molecule has 0 aliphatic heterocycles. The number of carbonyl (C=O) groups excluding carboxylic acids is 4. The predicted octanol–water partition coefficient (Wildman–Crippen LogP) is 1.81. The van der Waals surface area contributed by atoms with Gasteiger partial charge in [-0.2, -0.15) is 0 Å². The number of hydrogen-bond acceptors (Lipinski definition) is 4. The van der Waals surface area contributed by atoms with Crippen LogP contribution in [0.3, 0.4) is 0 Å². The summed E-state index contributed by atoms with van der Waals surface area (Å²) >= 11 is 0. The van der Waals surface area contributed by atoms with Gasteiger partial charge < -0.3 is 21.7 Å². The van der Waals surface area contributed by atoms with Crippen LogP contribution in [0.2, 0.25) is 0 Å². The molecule has 8 nitrogen and oxygen atoms in total. The summed E-state index contributed by atoms with van der Waals surface area (Å²) < 4.78 is 0. The van der Waals surface area contributed by atoms with Gasteiger partial charge in [-0.05, 0) is 28.8 Å². The summed E-state index contributed by atoms with van der Waals surface area (Å²) in [6, 6.07) is 22.5. The van der Waals surface area contributed by atoms with Crippen molar-refractivity contribution in [3.8, 4) is 0 Å². The largest absolute Gasteiger partial charge is 0.370 e.